The standard InChI is InChI=1S/C30H37N7O6S.C13H19N3O2S/c1-35(2)28(40)24-11-9-20(16-31-24)27(39)34-30(32-23-10-8-21-18-44(42,43)19-22(21)15-23)33-25-7-3-4-14-37(29(25)41)17-26(38)36-12-5-6-13-36;14-10-19-11-5-1-2-8-16(13(11)18)9-12(17)15-6-3-4-7-15/h8-11,15-16,25H,3-7,12-14,17-19H2,1-2H3,(H2,32,33,34,39);11H,1-9H2. The minimum absolute atomic E-state index is 0.00434. The second-order valence-electron chi connectivity index (χ2n) is 16.6. The van der Waals surface area contributed by atoms with Crippen molar-refractivity contribution < 1.29 is 37.2 Å². The van der Waals surface area contributed by atoms with Crippen LogP contribution in [-0.2, 0) is 40.5 Å². The van der Waals surface area contributed by atoms with Crippen LogP contribution in [0, 0.1) is 10.7 Å². The maximum Gasteiger partial charge on any atom is 0.271 e. The second-order valence-corrected chi connectivity index (χ2v) is 19.7. The highest BCUT2D eigenvalue weighted by atomic mass is 32.2. The zero-order valence-corrected chi connectivity index (χ0v) is 37.6. The lowest BCUT2D eigenvalue weighted by Crippen LogP contribution is -2.45. The topological polar surface area (TPSA) is 226 Å². The Morgan fingerprint density at radius 1 is 0.810 bits per heavy atom. The van der Waals surface area contributed by atoms with Crippen LogP contribution in [0.1, 0.15) is 96.2 Å². The van der Waals surface area contributed by atoms with Gasteiger partial charge in [0.2, 0.25) is 29.6 Å². The molecule has 6 heterocycles. The van der Waals surface area contributed by atoms with E-state index >= 15 is 0 Å². The van der Waals surface area contributed by atoms with Crippen LogP contribution in [0.25, 0.3) is 0 Å². The Kier molecular flexibility index (Phi) is 16.2. The third-order valence-electron chi connectivity index (χ3n) is 11.6. The largest absolute Gasteiger partial charge is 0.343 e. The van der Waals surface area contributed by atoms with Gasteiger partial charge in [0, 0.05) is 65.2 Å². The summed E-state index contributed by atoms with van der Waals surface area (Å²) < 4.78 is 24.3. The summed E-state index contributed by atoms with van der Waals surface area (Å²) >= 11 is 1.03. The van der Waals surface area contributed by atoms with Crippen LogP contribution in [0.2, 0.25) is 0 Å². The maximum absolute atomic E-state index is 13.6. The van der Waals surface area contributed by atoms with E-state index in [1.165, 1.54) is 23.2 Å². The summed E-state index contributed by atoms with van der Waals surface area (Å²) in [5, 5.41) is 16.2. The number of guanidine groups is 1. The number of sulfone groups is 1. The molecule has 7 rings (SSSR count). The number of aliphatic imine (C=N–C) groups is 1. The number of nitrogens with one attached hydrogen (secondary N) is 2. The van der Waals surface area contributed by atoms with E-state index in [9.17, 15) is 37.2 Å². The molecule has 2 aromatic rings. The number of carbonyl (C=O) groups is 6. The SMILES string of the molecule is CN(C)C(=O)c1ccc(C(=O)NC(=NC2CCCCN(CC(=O)N3CCCC3)C2=O)Nc2ccc3c(c2)CS(=O)(=O)C3)cn1.N#CSC1CCCCN(CC(=O)N2CCCC2)C1=O. The number of pyridine rings is 1. The normalized spacial score (nSPS) is 21.1. The molecule has 6 amide bonds. The summed E-state index contributed by atoms with van der Waals surface area (Å²) in [5.41, 5.74) is 2.21. The monoisotopic (exact) mass is 904 g/mol. The number of rotatable bonds is 9. The molecular weight excluding hydrogens is 849 g/mol. The molecule has 5 aliphatic heterocycles. The number of fused-ring (bicyclic) bond motifs is 1. The minimum Gasteiger partial charge on any atom is -0.343 e. The average molecular weight is 905 g/mol. The van der Waals surface area contributed by atoms with Crippen LogP contribution in [-0.4, -0.2) is 157 Å². The van der Waals surface area contributed by atoms with Gasteiger partial charge < -0.3 is 29.8 Å². The van der Waals surface area contributed by atoms with Gasteiger partial charge in [-0.2, -0.15) is 5.26 Å². The highest BCUT2D eigenvalue weighted by Crippen LogP contribution is 2.28. The van der Waals surface area contributed by atoms with Gasteiger partial charge in [-0.3, -0.25) is 39.1 Å². The number of anilines is 1. The Morgan fingerprint density at radius 3 is 1.98 bits per heavy atom. The van der Waals surface area contributed by atoms with Crippen LogP contribution in [0.15, 0.2) is 41.5 Å². The van der Waals surface area contributed by atoms with Crippen LogP contribution in [0.5, 0.6) is 0 Å². The maximum atomic E-state index is 13.6. The number of amides is 6. The van der Waals surface area contributed by atoms with Gasteiger partial charge in [-0.1, -0.05) is 12.5 Å². The lowest BCUT2D eigenvalue weighted by molar-refractivity contribution is -0.140. The highest BCUT2D eigenvalue weighted by Gasteiger charge is 2.32. The summed E-state index contributed by atoms with van der Waals surface area (Å²) in [5.74, 6) is -1.36. The molecule has 338 valence electrons. The molecular formula is C43H56N10O8S2. The average Bonchev–Trinajstić information content (AvgIpc) is 4.02. The van der Waals surface area contributed by atoms with Gasteiger partial charge in [0.1, 0.15) is 17.1 Å². The number of hydrogen-bond donors (Lipinski definition) is 2. The van der Waals surface area contributed by atoms with Crippen molar-refractivity contribution in [3.63, 3.8) is 0 Å². The van der Waals surface area contributed by atoms with Crippen LogP contribution < -0.4 is 10.6 Å². The number of thioether (sulfide) groups is 1. The third-order valence-corrected chi connectivity index (χ3v) is 14.0. The van der Waals surface area contributed by atoms with Crippen molar-refractivity contribution in [2.45, 2.75) is 87.0 Å². The number of nitriles is 1. The summed E-state index contributed by atoms with van der Waals surface area (Å²) in [6.45, 7) is 4.29. The van der Waals surface area contributed by atoms with Crippen molar-refractivity contribution in [1.29, 1.82) is 5.26 Å². The zero-order valence-electron chi connectivity index (χ0n) is 35.9. The first-order valence-corrected chi connectivity index (χ1v) is 24.3. The molecule has 20 heteroatoms. The van der Waals surface area contributed by atoms with Crippen molar-refractivity contribution in [3.8, 4) is 5.40 Å². The molecule has 18 nitrogen and oxygen atoms in total. The van der Waals surface area contributed by atoms with E-state index in [4.69, 9.17) is 5.26 Å². The van der Waals surface area contributed by atoms with Gasteiger partial charge in [0.05, 0.1) is 35.4 Å². The predicted octanol–water partition coefficient (Wildman–Crippen LogP) is 2.62. The Morgan fingerprint density at radius 2 is 1.40 bits per heavy atom. The van der Waals surface area contributed by atoms with E-state index in [1.807, 2.05) is 10.3 Å². The molecule has 2 atom stereocenters. The van der Waals surface area contributed by atoms with Gasteiger partial charge in [0.15, 0.2) is 9.84 Å². The van der Waals surface area contributed by atoms with Gasteiger partial charge >= 0.3 is 0 Å². The van der Waals surface area contributed by atoms with Crippen LogP contribution in [0.3, 0.4) is 0 Å². The number of carbonyl (C=O) groups excluding carboxylic acids is 6. The van der Waals surface area contributed by atoms with E-state index in [0.29, 0.717) is 55.8 Å². The fourth-order valence-electron chi connectivity index (χ4n) is 8.18. The Bertz CT molecular complexity index is 2220. The molecule has 5 aliphatic rings. The number of hydrogen-bond acceptors (Lipinski definition) is 12. The Hall–Kier alpha value is -5.55. The van der Waals surface area contributed by atoms with Crippen molar-refractivity contribution in [1.82, 2.24) is 34.8 Å². The van der Waals surface area contributed by atoms with Crippen molar-refractivity contribution >= 4 is 68.7 Å². The second kappa shape index (κ2) is 21.7. The van der Waals surface area contributed by atoms with Gasteiger partial charge in [-0.05, 0) is 105 Å². The number of nitrogens with zero attached hydrogens (tertiary/aromatic N) is 8. The van der Waals surface area contributed by atoms with E-state index < -0.39 is 21.8 Å². The van der Waals surface area contributed by atoms with E-state index in [-0.39, 0.29) is 76.6 Å². The highest BCUT2D eigenvalue weighted by molar-refractivity contribution is 8.04. The first kappa shape index (κ1) is 46.9. The first-order chi connectivity index (χ1) is 30.2. The quantitative estimate of drug-likeness (QED) is 0.211. The van der Waals surface area contributed by atoms with Gasteiger partial charge in [-0.25, -0.2) is 13.4 Å². The molecule has 63 heavy (non-hydrogen) atoms. The van der Waals surface area contributed by atoms with E-state index in [2.05, 4.69) is 20.6 Å². The minimum atomic E-state index is -3.22. The first-order valence-electron chi connectivity index (χ1n) is 21.6. The molecule has 0 radical (unpaired) electrons. The van der Waals surface area contributed by atoms with E-state index in [1.54, 1.807) is 47.0 Å². The molecule has 2 unspecified atom stereocenters. The summed E-state index contributed by atoms with van der Waals surface area (Å²) in [4.78, 5) is 93.3. The number of aromatic nitrogens is 1. The summed E-state index contributed by atoms with van der Waals surface area (Å²) in [6.07, 6.45) is 9.79. The molecule has 1 aromatic carbocycles. The molecule has 0 spiro atoms. The van der Waals surface area contributed by atoms with Gasteiger partial charge in [0.25, 0.3) is 11.8 Å². The van der Waals surface area contributed by atoms with Crippen LogP contribution >= 0.6 is 11.8 Å². The predicted molar refractivity (Wildman–Crippen MR) is 237 cm³/mol. The molecule has 2 N–H and O–H groups in total. The van der Waals surface area contributed by atoms with Crippen molar-refractivity contribution in [2.24, 2.45) is 4.99 Å². The molecule has 1 aromatic heterocycles. The summed E-state index contributed by atoms with van der Waals surface area (Å²) in [7, 11) is -0.0145. The van der Waals surface area contributed by atoms with Crippen molar-refractivity contribution in [2.75, 3.05) is 71.8 Å². The molecule has 0 saturated carbocycles. The summed E-state index contributed by atoms with van der Waals surface area (Å²) in [6, 6.07) is 7.18. The number of benzene rings is 1. The number of likely N-dealkylation sites (tertiary alicyclic amines) is 4. The van der Waals surface area contributed by atoms with Crippen LogP contribution in [0.4, 0.5) is 5.69 Å². The number of thiocyanates is 1. The molecule has 0 bridgehead atoms. The Balaban J connectivity index is 0.000000290. The molecule has 4 fully saturated rings. The van der Waals surface area contributed by atoms with Gasteiger partial charge in [-0.15, -0.1) is 0 Å². The molecule has 0 aliphatic carbocycles. The van der Waals surface area contributed by atoms with Crippen molar-refractivity contribution in [3.05, 3.63) is 58.9 Å². The fraction of sp³-hybridized carbons (Fsp3) is 0.558. The Labute approximate surface area is 372 Å². The zero-order chi connectivity index (χ0) is 45.1. The third kappa shape index (κ3) is 12.8. The fourth-order valence-corrected chi connectivity index (χ4v) is 10.4. The lowest BCUT2D eigenvalue weighted by atomic mass is 10.1. The van der Waals surface area contributed by atoms with E-state index in [0.717, 1.165) is 76.2 Å². The molecule has 4 saturated heterocycles. The lowest BCUT2D eigenvalue weighted by Gasteiger charge is -2.25. The smallest absolute Gasteiger partial charge is 0.271 e.